The predicted octanol–water partition coefficient (Wildman–Crippen LogP) is 1.93. The lowest BCUT2D eigenvalue weighted by molar-refractivity contribution is -0.0319. The molecular formula is C8H14FN. The van der Waals surface area contributed by atoms with Crippen molar-refractivity contribution in [3.05, 3.63) is 0 Å². The number of hydrogen-bond donors (Lipinski definition) is 0. The first-order valence-corrected chi connectivity index (χ1v) is 4.14. The van der Waals surface area contributed by atoms with Crippen molar-refractivity contribution < 1.29 is 4.39 Å². The molecule has 0 N–H and O–H groups in total. The molecule has 10 heavy (non-hydrogen) atoms. The Morgan fingerprint density at radius 1 is 1.40 bits per heavy atom. The van der Waals surface area contributed by atoms with E-state index in [0.717, 1.165) is 25.7 Å². The summed E-state index contributed by atoms with van der Waals surface area (Å²) in [5.74, 6) is -0.914. The SMILES string of the molecule is CN1[C@@H]2CCC[C@@]1([18F])CC2. The van der Waals surface area contributed by atoms with Crippen LogP contribution in [0.2, 0.25) is 0 Å². The van der Waals surface area contributed by atoms with Crippen molar-refractivity contribution >= 4 is 0 Å². The number of fused-ring (bicyclic) bond motifs is 2. The Labute approximate surface area is 61.2 Å². The molecule has 0 aliphatic carbocycles. The first-order chi connectivity index (χ1) is 4.72. The highest BCUT2D eigenvalue weighted by molar-refractivity contribution is 4.95. The summed E-state index contributed by atoms with van der Waals surface area (Å²) in [7, 11) is 1.93. The largest absolute Gasteiger partial charge is 0.272 e. The Kier molecular flexibility index (Phi) is 1.28. The molecule has 2 atom stereocenters. The first-order valence-electron chi connectivity index (χ1n) is 4.14. The van der Waals surface area contributed by atoms with Crippen LogP contribution in [-0.2, 0) is 0 Å². The molecule has 2 aliphatic heterocycles. The van der Waals surface area contributed by atoms with Crippen molar-refractivity contribution in [2.24, 2.45) is 0 Å². The maximum Gasteiger partial charge on any atom is 0.164 e. The van der Waals surface area contributed by atoms with Crippen LogP contribution in [0.4, 0.5) is 4.39 Å². The molecule has 0 amide bonds. The van der Waals surface area contributed by atoms with Crippen molar-refractivity contribution in [3.63, 3.8) is 0 Å². The lowest BCUT2D eigenvalue weighted by atomic mass is 10.0. The van der Waals surface area contributed by atoms with Crippen molar-refractivity contribution in [3.8, 4) is 0 Å². The minimum Gasteiger partial charge on any atom is -0.272 e. The first kappa shape index (κ1) is 6.59. The maximum absolute atomic E-state index is 13.7. The van der Waals surface area contributed by atoms with Crippen LogP contribution in [0.3, 0.4) is 0 Å². The van der Waals surface area contributed by atoms with Gasteiger partial charge in [-0.15, -0.1) is 0 Å². The predicted molar refractivity (Wildman–Crippen MR) is 38.5 cm³/mol. The van der Waals surface area contributed by atoms with E-state index >= 15 is 0 Å². The van der Waals surface area contributed by atoms with Crippen molar-refractivity contribution in [2.45, 2.75) is 43.9 Å². The van der Waals surface area contributed by atoms with Gasteiger partial charge in [-0.25, -0.2) is 4.39 Å². The van der Waals surface area contributed by atoms with Crippen LogP contribution < -0.4 is 0 Å². The van der Waals surface area contributed by atoms with Gasteiger partial charge < -0.3 is 0 Å². The van der Waals surface area contributed by atoms with E-state index in [9.17, 15) is 4.39 Å². The molecule has 0 aromatic rings. The second-order valence-corrected chi connectivity index (χ2v) is 3.61. The molecule has 2 saturated heterocycles. The number of alkyl halides is 1. The zero-order valence-electron chi connectivity index (χ0n) is 6.44. The van der Waals surface area contributed by atoms with Gasteiger partial charge in [0.25, 0.3) is 0 Å². The molecule has 2 aliphatic rings. The monoisotopic (exact) mass is 142 g/mol. The fourth-order valence-electron chi connectivity index (χ4n) is 2.33. The van der Waals surface area contributed by atoms with Gasteiger partial charge in [0.1, 0.15) is 0 Å². The molecule has 2 heterocycles. The average Bonchev–Trinajstić information content (AvgIpc) is 2.18. The molecule has 2 heteroatoms. The Morgan fingerprint density at radius 3 is 2.80 bits per heavy atom. The van der Waals surface area contributed by atoms with Gasteiger partial charge in [0.15, 0.2) is 5.79 Å². The summed E-state index contributed by atoms with van der Waals surface area (Å²) in [5.41, 5.74) is 0. The van der Waals surface area contributed by atoms with Gasteiger partial charge in [-0.1, -0.05) is 0 Å². The van der Waals surface area contributed by atoms with Crippen LogP contribution >= 0.6 is 0 Å². The number of nitrogens with zero attached hydrogens (tertiary/aromatic N) is 1. The van der Waals surface area contributed by atoms with Crippen LogP contribution in [0, 0.1) is 0 Å². The Balaban J connectivity index is 2.21. The van der Waals surface area contributed by atoms with Gasteiger partial charge in [-0.05, 0) is 39.2 Å². The fourth-order valence-corrected chi connectivity index (χ4v) is 2.33. The quantitative estimate of drug-likeness (QED) is 0.467. The van der Waals surface area contributed by atoms with Gasteiger partial charge in [0, 0.05) is 6.04 Å². The molecule has 0 aromatic heterocycles. The molecule has 2 bridgehead atoms. The summed E-state index contributed by atoms with van der Waals surface area (Å²) < 4.78 is 13.7. The zero-order chi connectivity index (χ0) is 7.19. The highest BCUT2D eigenvalue weighted by Gasteiger charge is 2.46. The standard InChI is InChI=1S/C8H14FN/c1-10-7-3-2-5-8(10,9)6-4-7/h7H,2-6H2,1H3/t7-,8+/m1/s1/i9-1. The van der Waals surface area contributed by atoms with E-state index in [2.05, 4.69) is 0 Å². The smallest absolute Gasteiger partial charge is 0.164 e. The lowest BCUT2D eigenvalue weighted by Crippen LogP contribution is -2.44. The molecule has 0 aromatic carbocycles. The van der Waals surface area contributed by atoms with Crippen LogP contribution in [0.1, 0.15) is 32.1 Å². The zero-order valence-corrected chi connectivity index (χ0v) is 6.44. The minimum absolute atomic E-state index is 0.554. The second kappa shape index (κ2) is 1.94. The molecule has 0 unspecified atom stereocenters. The van der Waals surface area contributed by atoms with E-state index < -0.39 is 5.79 Å². The van der Waals surface area contributed by atoms with Crippen LogP contribution in [0.15, 0.2) is 0 Å². The van der Waals surface area contributed by atoms with E-state index in [1.165, 1.54) is 6.42 Å². The van der Waals surface area contributed by atoms with Gasteiger partial charge in [0.05, 0.1) is 0 Å². The van der Waals surface area contributed by atoms with Crippen molar-refractivity contribution in [2.75, 3.05) is 7.05 Å². The van der Waals surface area contributed by atoms with Gasteiger partial charge in [-0.2, -0.15) is 0 Å². The van der Waals surface area contributed by atoms with E-state index in [4.69, 9.17) is 0 Å². The van der Waals surface area contributed by atoms with E-state index in [0.29, 0.717) is 6.04 Å². The molecule has 0 saturated carbocycles. The third-order valence-electron chi connectivity index (χ3n) is 3.14. The second-order valence-electron chi connectivity index (χ2n) is 3.61. The minimum atomic E-state index is -0.914. The summed E-state index contributed by atoms with van der Waals surface area (Å²) in [6.45, 7) is 0. The molecule has 1 nitrogen and oxygen atoms in total. The van der Waals surface area contributed by atoms with Gasteiger partial charge >= 0.3 is 0 Å². The topological polar surface area (TPSA) is 3.24 Å². The van der Waals surface area contributed by atoms with E-state index in [-0.39, 0.29) is 0 Å². The number of piperidine rings is 1. The van der Waals surface area contributed by atoms with Crippen LogP contribution in [0.5, 0.6) is 0 Å². The van der Waals surface area contributed by atoms with Crippen molar-refractivity contribution in [1.29, 1.82) is 0 Å². The van der Waals surface area contributed by atoms with Crippen LogP contribution in [0.25, 0.3) is 0 Å². The van der Waals surface area contributed by atoms with E-state index in [1.807, 2.05) is 11.9 Å². The molecule has 0 spiro atoms. The maximum atomic E-state index is 13.7. The summed E-state index contributed by atoms with van der Waals surface area (Å²) >= 11 is 0. The fraction of sp³-hybridized carbons (Fsp3) is 1.00. The molecular weight excluding hydrogens is 128 g/mol. The number of rotatable bonds is 0. The number of halogens is 1. The summed E-state index contributed by atoms with van der Waals surface area (Å²) in [4.78, 5) is 1.94. The average molecular weight is 142 g/mol. The van der Waals surface area contributed by atoms with Gasteiger partial charge in [-0.3, -0.25) is 4.90 Å². The molecule has 2 fully saturated rings. The number of hydrogen-bond acceptors (Lipinski definition) is 1. The highest BCUT2D eigenvalue weighted by Crippen LogP contribution is 2.43. The van der Waals surface area contributed by atoms with Crippen molar-refractivity contribution in [1.82, 2.24) is 4.90 Å². The van der Waals surface area contributed by atoms with Gasteiger partial charge in [0.2, 0.25) is 0 Å². The third kappa shape index (κ3) is 0.715. The Bertz CT molecular complexity index is 144. The molecule has 2 rings (SSSR count). The normalized spacial score (nSPS) is 48.0. The van der Waals surface area contributed by atoms with E-state index in [1.54, 1.807) is 0 Å². The van der Waals surface area contributed by atoms with Crippen LogP contribution in [-0.4, -0.2) is 23.8 Å². The highest BCUT2D eigenvalue weighted by atomic mass is 18.2. The third-order valence-corrected chi connectivity index (χ3v) is 3.14. The Hall–Kier alpha value is -0.110. The summed E-state index contributed by atoms with van der Waals surface area (Å²) in [6.07, 6.45) is 4.91. The molecule has 58 valence electrons. The Morgan fingerprint density at radius 2 is 2.20 bits per heavy atom. The summed E-state index contributed by atoms with van der Waals surface area (Å²) in [5, 5.41) is 0. The molecule has 0 radical (unpaired) electrons. The summed E-state index contributed by atoms with van der Waals surface area (Å²) in [6, 6.07) is 0.554. The lowest BCUT2D eigenvalue weighted by Gasteiger charge is -2.35.